The molecular weight excluding hydrogens is 487 g/mol. The fraction of sp³-hybridized carbons (Fsp3) is 0.800. The molecule has 37 heavy (non-hydrogen) atoms. The van der Waals surface area contributed by atoms with E-state index in [0.717, 1.165) is 43.8 Å². The van der Waals surface area contributed by atoms with Crippen LogP contribution in [0.1, 0.15) is 136 Å². The van der Waals surface area contributed by atoms with Gasteiger partial charge in [0.2, 0.25) is 0 Å². The first-order valence-corrected chi connectivity index (χ1v) is 16.5. The lowest BCUT2D eigenvalue weighted by atomic mass is 10.0. The zero-order chi connectivity index (χ0) is 27.0. The van der Waals surface area contributed by atoms with Crippen LogP contribution in [0.2, 0.25) is 0 Å². The number of hydrogen-bond acceptors (Lipinski definition) is 4. The molecule has 0 aliphatic carbocycles. The molecule has 0 saturated carbocycles. The Balaban J connectivity index is 1.74. The molecule has 0 heterocycles. The fourth-order valence-electron chi connectivity index (χ4n) is 4.49. The minimum Gasteiger partial charge on any atom is -0.493 e. The molecule has 2 N–H and O–H groups in total. The van der Waals surface area contributed by atoms with Crippen LogP contribution in [0.4, 0.5) is 0 Å². The zero-order valence-corrected chi connectivity index (χ0v) is 24.6. The van der Waals surface area contributed by atoms with E-state index in [1.807, 2.05) is 38.1 Å². The van der Waals surface area contributed by atoms with Crippen LogP contribution in [0.25, 0.3) is 0 Å². The summed E-state index contributed by atoms with van der Waals surface area (Å²) < 4.78 is 26.6. The van der Waals surface area contributed by atoms with Gasteiger partial charge in [0.1, 0.15) is 11.5 Å². The topological polar surface area (TPSA) is 85.2 Å². The molecule has 0 saturated heterocycles. The number of ether oxygens (including phenoxy) is 2. The summed E-state index contributed by atoms with van der Waals surface area (Å²) in [5.41, 5.74) is 0. The molecule has 0 aliphatic heterocycles. The van der Waals surface area contributed by atoms with Crippen LogP contribution >= 0.6 is 7.82 Å². The predicted molar refractivity (Wildman–Crippen MR) is 153 cm³/mol. The van der Waals surface area contributed by atoms with Crippen LogP contribution in [0.5, 0.6) is 11.5 Å². The summed E-state index contributed by atoms with van der Waals surface area (Å²) in [6.07, 6.45) is 24.2. The molecular formula is C30H55O6P. The Bertz CT molecular complexity index is 690. The molecule has 6 nitrogen and oxygen atoms in total. The predicted octanol–water partition coefficient (Wildman–Crippen LogP) is 9.37. The summed E-state index contributed by atoms with van der Waals surface area (Å²) in [7, 11) is -4.28. The maximum absolute atomic E-state index is 10.6. The van der Waals surface area contributed by atoms with Gasteiger partial charge in [0, 0.05) is 6.07 Å². The fourth-order valence-corrected chi connectivity index (χ4v) is 4.86. The van der Waals surface area contributed by atoms with Crippen molar-refractivity contribution in [1.82, 2.24) is 0 Å². The molecule has 0 radical (unpaired) electrons. The van der Waals surface area contributed by atoms with Gasteiger partial charge in [-0.15, -0.1) is 0 Å². The van der Waals surface area contributed by atoms with E-state index in [1.54, 1.807) is 0 Å². The van der Waals surface area contributed by atoms with Crippen LogP contribution in [-0.4, -0.2) is 29.1 Å². The van der Waals surface area contributed by atoms with Crippen molar-refractivity contribution in [2.75, 3.05) is 13.2 Å². The van der Waals surface area contributed by atoms with Crippen molar-refractivity contribution in [2.45, 2.75) is 142 Å². The second-order valence-corrected chi connectivity index (χ2v) is 11.8. The highest BCUT2D eigenvalue weighted by Gasteiger charge is 2.12. The third kappa shape index (κ3) is 23.8. The second kappa shape index (κ2) is 22.9. The summed E-state index contributed by atoms with van der Waals surface area (Å²) in [6.45, 7) is 5.01. The Morgan fingerprint density at radius 2 is 1.00 bits per heavy atom. The molecule has 7 heteroatoms. The lowest BCUT2D eigenvalue weighted by Gasteiger charge is -2.11. The Kier molecular flexibility index (Phi) is 21.0. The maximum atomic E-state index is 10.6. The Labute approximate surface area is 227 Å². The molecule has 0 aliphatic rings. The van der Waals surface area contributed by atoms with Gasteiger partial charge in [-0.1, -0.05) is 115 Å². The minimum absolute atomic E-state index is 0.159. The van der Waals surface area contributed by atoms with E-state index in [1.165, 1.54) is 96.3 Å². The van der Waals surface area contributed by atoms with Crippen LogP contribution in [-0.2, 0) is 9.09 Å². The van der Waals surface area contributed by atoms with Crippen molar-refractivity contribution in [3.8, 4) is 11.5 Å². The van der Waals surface area contributed by atoms with E-state index < -0.39 is 7.82 Å². The van der Waals surface area contributed by atoms with Crippen molar-refractivity contribution in [2.24, 2.45) is 0 Å². The van der Waals surface area contributed by atoms with E-state index in [0.29, 0.717) is 0 Å². The number of phosphoric acid groups is 1. The molecule has 0 atom stereocenters. The summed E-state index contributed by atoms with van der Waals surface area (Å²) in [5, 5.41) is 0. The number of benzene rings is 1. The zero-order valence-electron chi connectivity index (χ0n) is 23.7. The van der Waals surface area contributed by atoms with Crippen LogP contribution < -0.4 is 9.47 Å². The van der Waals surface area contributed by atoms with E-state index in [2.05, 4.69) is 4.52 Å². The van der Waals surface area contributed by atoms with Gasteiger partial charge in [0.15, 0.2) is 0 Å². The first kappa shape index (κ1) is 34.0. The average molecular weight is 543 g/mol. The molecule has 0 bridgehead atoms. The molecule has 1 aromatic carbocycles. The number of phosphoric ester groups is 1. The van der Waals surface area contributed by atoms with Crippen molar-refractivity contribution < 1.29 is 28.3 Å². The summed E-state index contributed by atoms with van der Waals surface area (Å²) in [5.74, 6) is 1.78. The molecule has 0 aromatic heterocycles. The highest BCUT2D eigenvalue weighted by Crippen LogP contribution is 2.35. The van der Waals surface area contributed by atoms with Crippen LogP contribution in [0, 0.1) is 0 Å². The normalized spacial score (nSPS) is 11.8. The molecule has 0 spiro atoms. The van der Waals surface area contributed by atoms with Gasteiger partial charge in [0.05, 0.1) is 19.3 Å². The Hall–Kier alpha value is -1.07. The standard InChI is InChI=1S/C30H55O6P/c1-28(2)36-30-24-22-23-29(27-30)34-25-20-18-16-14-12-10-8-6-4-3-5-7-9-11-13-15-17-19-21-26-35-37(31,32)33/h22-24,27-28H,3-21,25-26H2,1-2H3,(H2,31,32,33). The van der Waals surface area contributed by atoms with Crippen LogP contribution in [0.3, 0.4) is 0 Å². The van der Waals surface area contributed by atoms with Gasteiger partial charge in [-0.3, -0.25) is 4.52 Å². The van der Waals surface area contributed by atoms with Gasteiger partial charge in [-0.05, 0) is 38.8 Å². The molecule has 216 valence electrons. The third-order valence-electron chi connectivity index (χ3n) is 6.49. The SMILES string of the molecule is CC(C)Oc1cccc(OCCCCCCCCCCCCCCCCCCCCCOP(=O)(O)O)c1. The Morgan fingerprint density at radius 3 is 1.41 bits per heavy atom. The van der Waals surface area contributed by atoms with Crippen LogP contribution in [0.15, 0.2) is 24.3 Å². The highest BCUT2D eigenvalue weighted by molar-refractivity contribution is 7.46. The van der Waals surface area contributed by atoms with E-state index in [-0.39, 0.29) is 12.7 Å². The quantitative estimate of drug-likeness (QED) is 0.0896. The van der Waals surface area contributed by atoms with Crippen molar-refractivity contribution in [3.05, 3.63) is 24.3 Å². The second-order valence-electron chi connectivity index (χ2n) is 10.5. The monoisotopic (exact) mass is 542 g/mol. The molecule has 0 unspecified atom stereocenters. The largest absolute Gasteiger partial charge is 0.493 e. The first-order valence-electron chi connectivity index (χ1n) is 15.0. The van der Waals surface area contributed by atoms with E-state index in [4.69, 9.17) is 19.3 Å². The van der Waals surface area contributed by atoms with Gasteiger partial charge in [-0.25, -0.2) is 4.57 Å². The van der Waals surface area contributed by atoms with Gasteiger partial charge in [-0.2, -0.15) is 0 Å². The highest BCUT2D eigenvalue weighted by atomic mass is 31.2. The lowest BCUT2D eigenvalue weighted by molar-refractivity contribution is 0.193. The smallest absolute Gasteiger partial charge is 0.469 e. The number of rotatable bonds is 26. The lowest BCUT2D eigenvalue weighted by Crippen LogP contribution is -2.05. The third-order valence-corrected chi connectivity index (χ3v) is 7.01. The Morgan fingerprint density at radius 1 is 0.622 bits per heavy atom. The summed E-state index contributed by atoms with van der Waals surface area (Å²) in [6, 6.07) is 7.94. The van der Waals surface area contributed by atoms with Gasteiger partial charge in [0.25, 0.3) is 0 Å². The number of hydrogen-bond donors (Lipinski definition) is 2. The van der Waals surface area contributed by atoms with E-state index >= 15 is 0 Å². The summed E-state index contributed by atoms with van der Waals surface area (Å²) in [4.78, 5) is 17.2. The van der Waals surface area contributed by atoms with E-state index in [9.17, 15) is 4.57 Å². The molecule has 1 aromatic rings. The van der Waals surface area contributed by atoms with Crippen molar-refractivity contribution in [3.63, 3.8) is 0 Å². The van der Waals surface area contributed by atoms with Gasteiger partial charge >= 0.3 is 7.82 Å². The minimum atomic E-state index is -4.28. The number of unbranched alkanes of at least 4 members (excludes halogenated alkanes) is 18. The van der Waals surface area contributed by atoms with Crippen molar-refractivity contribution >= 4 is 7.82 Å². The summed E-state index contributed by atoms with van der Waals surface area (Å²) >= 11 is 0. The molecule has 0 amide bonds. The maximum Gasteiger partial charge on any atom is 0.469 e. The molecule has 0 fully saturated rings. The first-order chi connectivity index (χ1) is 17.9. The molecule has 1 rings (SSSR count). The van der Waals surface area contributed by atoms with Crippen molar-refractivity contribution in [1.29, 1.82) is 0 Å². The average Bonchev–Trinajstić information content (AvgIpc) is 2.83. The van der Waals surface area contributed by atoms with Gasteiger partial charge < -0.3 is 19.3 Å².